The normalized spacial score (nSPS) is 13.4. The molecule has 0 bridgehead atoms. The Morgan fingerprint density at radius 1 is 1.44 bits per heavy atom. The molecule has 0 saturated carbocycles. The van der Waals surface area contributed by atoms with Crippen LogP contribution < -0.4 is 5.73 Å². The molecule has 0 aliphatic heterocycles. The molecule has 94 valence electrons. The van der Waals surface area contributed by atoms with E-state index in [0.717, 1.165) is 0 Å². The lowest BCUT2D eigenvalue weighted by molar-refractivity contribution is 0.155. The van der Waals surface area contributed by atoms with Gasteiger partial charge in [-0.15, -0.1) is 0 Å². The van der Waals surface area contributed by atoms with Crippen LogP contribution in [0.5, 0.6) is 0 Å². The van der Waals surface area contributed by atoms with Gasteiger partial charge in [0.25, 0.3) is 0 Å². The van der Waals surface area contributed by atoms with Crippen molar-refractivity contribution in [3.63, 3.8) is 0 Å². The fourth-order valence-corrected chi connectivity index (χ4v) is 1.39. The van der Waals surface area contributed by atoms with Gasteiger partial charge in [-0.05, 0) is 20.8 Å². The zero-order chi connectivity index (χ0) is 12.7. The number of amides is 2. The molecule has 6 heteroatoms. The fraction of sp³-hybridized carbons (Fsp3) is 0.800. The Balaban J connectivity index is 4.42. The van der Waals surface area contributed by atoms with Crippen molar-refractivity contribution in [2.45, 2.75) is 33.2 Å². The van der Waals surface area contributed by atoms with Crippen LogP contribution in [0.3, 0.4) is 0 Å². The molecule has 0 aromatic carbocycles. The highest BCUT2D eigenvalue weighted by molar-refractivity contribution is 5.81. The van der Waals surface area contributed by atoms with Crippen molar-refractivity contribution in [2.75, 3.05) is 20.1 Å². The van der Waals surface area contributed by atoms with E-state index in [9.17, 15) is 4.79 Å². The van der Waals surface area contributed by atoms with E-state index in [-0.39, 0.29) is 17.9 Å². The van der Waals surface area contributed by atoms with E-state index < -0.39 is 0 Å². The lowest BCUT2D eigenvalue weighted by atomic mass is 10.2. The average Bonchev–Trinajstić information content (AvgIpc) is 2.29. The molecule has 1 unspecified atom stereocenters. The summed E-state index contributed by atoms with van der Waals surface area (Å²) in [4.78, 5) is 15.3. The summed E-state index contributed by atoms with van der Waals surface area (Å²) in [5, 5.41) is 11.4. The molecule has 0 fully saturated rings. The smallest absolute Gasteiger partial charge is 0.319 e. The van der Waals surface area contributed by atoms with Gasteiger partial charge in [-0.2, -0.15) is 0 Å². The van der Waals surface area contributed by atoms with Gasteiger partial charge in [-0.25, -0.2) is 4.79 Å². The lowest BCUT2D eigenvalue weighted by Crippen LogP contribution is -2.46. The Morgan fingerprint density at radius 2 is 1.94 bits per heavy atom. The third kappa shape index (κ3) is 3.96. The van der Waals surface area contributed by atoms with Gasteiger partial charge in [0, 0.05) is 32.6 Å². The zero-order valence-corrected chi connectivity index (χ0v) is 10.5. The van der Waals surface area contributed by atoms with Crippen LogP contribution in [0.2, 0.25) is 0 Å². The van der Waals surface area contributed by atoms with E-state index in [0.29, 0.717) is 19.5 Å². The maximum absolute atomic E-state index is 11.9. The van der Waals surface area contributed by atoms with E-state index in [1.165, 1.54) is 0 Å². The van der Waals surface area contributed by atoms with Crippen molar-refractivity contribution >= 4 is 11.9 Å². The van der Waals surface area contributed by atoms with Crippen molar-refractivity contribution in [2.24, 2.45) is 10.9 Å². The Morgan fingerprint density at radius 3 is 2.31 bits per heavy atom. The summed E-state index contributed by atoms with van der Waals surface area (Å²) in [5.41, 5.74) is 5.40. The minimum atomic E-state index is -0.0935. The third-order valence-corrected chi connectivity index (χ3v) is 2.63. The number of amidine groups is 1. The van der Waals surface area contributed by atoms with Gasteiger partial charge in [0.1, 0.15) is 5.84 Å². The SMILES string of the molecule is CCN(CC)C(=O)N(C)C(C)CC(N)=NO. The molecule has 0 heterocycles. The highest BCUT2D eigenvalue weighted by atomic mass is 16.4. The number of nitrogens with two attached hydrogens (primary N) is 1. The Labute approximate surface area is 96.7 Å². The molecular formula is C10H22N4O2. The highest BCUT2D eigenvalue weighted by Gasteiger charge is 2.20. The molecule has 3 N–H and O–H groups in total. The second-order valence-electron chi connectivity index (χ2n) is 3.71. The molecule has 16 heavy (non-hydrogen) atoms. The molecule has 0 radical (unpaired) electrons. The van der Waals surface area contributed by atoms with Gasteiger partial charge in [-0.1, -0.05) is 5.16 Å². The van der Waals surface area contributed by atoms with Crippen LogP contribution in [0.4, 0.5) is 4.79 Å². The Kier molecular flexibility index (Phi) is 6.29. The van der Waals surface area contributed by atoms with Crippen molar-refractivity contribution in [1.82, 2.24) is 9.80 Å². The van der Waals surface area contributed by atoms with Crippen LogP contribution in [0.1, 0.15) is 27.2 Å². The Hall–Kier alpha value is -1.46. The molecule has 0 saturated heterocycles. The molecule has 0 rings (SSSR count). The highest BCUT2D eigenvalue weighted by Crippen LogP contribution is 2.05. The van der Waals surface area contributed by atoms with Gasteiger partial charge in [0.2, 0.25) is 0 Å². The first-order valence-corrected chi connectivity index (χ1v) is 5.45. The number of urea groups is 1. The van der Waals surface area contributed by atoms with E-state index in [4.69, 9.17) is 10.9 Å². The molecule has 0 spiro atoms. The molecular weight excluding hydrogens is 208 g/mol. The number of hydrogen-bond acceptors (Lipinski definition) is 3. The van der Waals surface area contributed by atoms with Crippen molar-refractivity contribution in [3.05, 3.63) is 0 Å². The quantitative estimate of drug-likeness (QED) is 0.319. The molecule has 1 atom stereocenters. The predicted octanol–water partition coefficient (Wildman–Crippen LogP) is 0.905. The van der Waals surface area contributed by atoms with Gasteiger partial charge in [0.15, 0.2) is 0 Å². The number of carbonyl (C=O) groups excluding carboxylic acids is 1. The molecule has 0 aliphatic carbocycles. The number of hydrogen-bond donors (Lipinski definition) is 2. The first-order valence-electron chi connectivity index (χ1n) is 5.45. The first-order chi connectivity index (χ1) is 7.47. The zero-order valence-electron chi connectivity index (χ0n) is 10.5. The number of rotatable bonds is 5. The number of nitrogens with zero attached hydrogens (tertiary/aromatic N) is 3. The van der Waals surface area contributed by atoms with E-state index in [2.05, 4.69) is 5.16 Å². The predicted molar refractivity (Wildman–Crippen MR) is 63.6 cm³/mol. The minimum absolute atomic E-state index is 0.0387. The summed E-state index contributed by atoms with van der Waals surface area (Å²) in [6.07, 6.45) is 0.361. The van der Waals surface area contributed by atoms with E-state index >= 15 is 0 Å². The summed E-state index contributed by atoms with van der Waals surface area (Å²) < 4.78 is 0. The summed E-state index contributed by atoms with van der Waals surface area (Å²) in [5.74, 6) is 0.131. The topological polar surface area (TPSA) is 82.2 Å². The van der Waals surface area contributed by atoms with Crippen LogP contribution in [0.15, 0.2) is 5.16 Å². The van der Waals surface area contributed by atoms with Gasteiger partial charge >= 0.3 is 6.03 Å². The molecule has 0 aromatic heterocycles. The summed E-state index contributed by atoms with van der Waals surface area (Å²) >= 11 is 0. The molecule has 2 amide bonds. The van der Waals surface area contributed by atoms with Crippen LogP contribution in [0, 0.1) is 0 Å². The number of carbonyl (C=O) groups is 1. The van der Waals surface area contributed by atoms with Gasteiger partial charge in [0.05, 0.1) is 0 Å². The fourth-order valence-electron chi connectivity index (χ4n) is 1.39. The Bertz CT molecular complexity index is 251. The van der Waals surface area contributed by atoms with Crippen molar-refractivity contribution < 1.29 is 10.0 Å². The minimum Gasteiger partial charge on any atom is -0.409 e. The third-order valence-electron chi connectivity index (χ3n) is 2.63. The monoisotopic (exact) mass is 230 g/mol. The number of oxime groups is 1. The summed E-state index contributed by atoms with van der Waals surface area (Å²) in [6, 6.07) is -0.132. The summed E-state index contributed by atoms with van der Waals surface area (Å²) in [7, 11) is 1.72. The second-order valence-corrected chi connectivity index (χ2v) is 3.71. The van der Waals surface area contributed by atoms with E-state index in [1.807, 2.05) is 20.8 Å². The molecule has 6 nitrogen and oxygen atoms in total. The van der Waals surface area contributed by atoms with Gasteiger partial charge in [-0.3, -0.25) is 0 Å². The van der Waals surface area contributed by atoms with Crippen LogP contribution in [-0.4, -0.2) is 53.1 Å². The molecule has 0 aliphatic rings. The first kappa shape index (κ1) is 14.5. The maximum Gasteiger partial charge on any atom is 0.319 e. The van der Waals surface area contributed by atoms with E-state index in [1.54, 1.807) is 16.8 Å². The standard InChI is InChI=1S/C10H22N4O2/c1-5-14(6-2)10(15)13(4)8(3)7-9(11)12-16/h8,16H,5-7H2,1-4H3,(H2,11,12). The second kappa shape index (κ2) is 6.92. The van der Waals surface area contributed by atoms with Crippen LogP contribution in [-0.2, 0) is 0 Å². The average molecular weight is 230 g/mol. The van der Waals surface area contributed by atoms with Gasteiger partial charge < -0.3 is 20.7 Å². The molecule has 0 aromatic rings. The van der Waals surface area contributed by atoms with Crippen LogP contribution in [0.25, 0.3) is 0 Å². The van der Waals surface area contributed by atoms with Crippen LogP contribution >= 0.6 is 0 Å². The van der Waals surface area contributed by atoms with Crippen molar-refractivity contribution in [1.29, 1.82) is 0 Å². The van der Waals surface area contributed by atoms with Crippen molar-refractivity contribution in [3.8, 4) is 0 Å². The largest absolute Gasteiger partial charge is 0.409 e. The summed E-state index contributed by atoms with van der Waals surface area (Å²) in [6.45, 7) is 7.08. The lowest BCUT2D eigenvalue weighted by Gasteiger charge is -2.30. The maximum atomic E-state index is 11.9.